The van der Waals surface area contributed by atoms with Crippen molar-refractivity contribution in [3.8, 4) is 0 Å². The molecule has 0 saturated carbocycles. The van der Waals surface area contributed by atoms with Crippen LogP contribution in [0.25, 0.3) is 0 Å². The molecule has 3 heteroatoms. The Labute approximate surface area is 131 Å². The number of nitrogens with zero attached hydrogens (tertiary/aromatic N) is 1. The molecule has 0 amide bonds. The van der Waals surface area contributed by atoms with E-state index in [1.165, 1.54) is 11.1 Å². The summed E-state index contributed by atoms with van der Waals surface area (Å²) in [6, 6.07) is 14.9. The van der Waals surface area contributed by atoms with Crippen molar-refractivity contribution in [3.05, 3.63) is 64.2 Å². The standard InChI is InChI=1S/C18H21ClN2/c1-13(20)15-8-9-18(17(19)11-15)21-10-4-7-14-5-2-3-6-16(14)12-21/h2-3,5-6,8-9,11,13H,4,7,10,12,20H2,1H3. The molecule has 3 rings (SSSR count). The van der Waals surface area contributed by atoms with Crippen molar-refractivity contribution < 1.29 is 0 Å². The van der Waals surface area contributed by atoms with Gasteiger partial charge in [0.15, 0.2) is 0 Å². The molecule has 21 heavy (non-hydrogen) atoms. The summed E-state index contributed by atoms with van der Waals surface area (Å²) in [4.78, 5) is 2.37. The molecule has 110 valence electrons. The van der Waals surface area contributed by atoms with Crippen LogP contribution in [-0.2, 0) is 13.0 Å². The zero-order chi connectivity index (χ0) is 14.8. The third kappa shape index (κ3) is 3.07. The molecule has 2 N–H and O–H groups in total. The van der Waals surface area contributed by atoms with Crippen LogP contribution >= 0.6 is 11.6 Å². The van der Waals surface area contributed by atoms with Crippen LogP contribution < -0.4 is 10.6 Å². The van der Waals surface area contributed by atoms with Crippen molar-refractivity contribution in [3.63, 3.8) is 0 Å². The van der Waals surface area contributed by atoms with Gasteiger partial charge in [0, 0.05) is 19.1 Å². The first-order valence-electron chi connectivity index (χ1n) is 7.52. The number of hydrogen-bond donors (Lipinski definition) is 1. The molecule has 2 aromatic rings. The van der Waals surface area contributed by atoms with Gasteiger partial charge < -0.3 is 10.6 Å². The fraction of sp³-hybridized carbons (Fsp3) is 0.333. The summed E-state index contributed by atoms with van der Waals surface area (Å²) in [7, 11) is 0. The average molecular weight is 301 g/mol. The molecule has 2 nitrogen and oxygen atoms in total. The highest BCUT2D eigenvalue weighted by molar-refractivity contribution is 6.33. The maximum atomic E-state index is 6.49. The zero-order valence-electron chi connectivity index (χ0n) is 12.3. The van der Waals surface area contributed by atoms with Gasteiger partial charge in [-0.25, -0.2) is 0 Å². The number of aryl methyl sites for hydroxylation is 1. The van der Waals surface area contributed by atoms with Crippen molar-refractivity contribution >= 4 is 17.3 Å². The summed E-state index contributed by atoms with van der Waals surface area (Å²) in [6.07, 6.45) is 2.30. The van der Waals surface area contributed by atoms with Gasteiger partial charge in [-0.1, -0.05) is 41.9 Å². The third-order valence-electron chi connectivity index (χ3n) is 4.19. The van der Waals surface area contributed by atoms with Gasteiger partial charge in [0.05, 0.1) is 10.7 Å². The Morgan fingerprint density at radius 3 is 2.62 bits per heavy atom. The van der Waals surface area contributed by atoms with Crippen molar-refractivity contribution in [2.45, 2.75) is 32.4 Å². The van der Waals surface area contributed by atoms with Crippen molar-refractivity contribution in [2.75, 3.05) is 11.4 Å². The second-order valence-corrected chi connectivity index (χ2v) is 6.20. The molecule has 0 radical (unpaired) electrons. The maximum absolute atomic E-state index is 6.49. The predicted molar refractivity (Wildman–Crippen MR) is 89.9 cm³/mol. The van der Waals surface area contributed by atoms with Gasteiger partial charge in [0.2, 0.25) is 0 Å². The third-order valence-corrected chi connectivity index (χ3v) is 4.49. The van der Waals surface area contributed by atoms with Crippen molar-refractivity contribution in [2.24, 2.45) is 5.73 Å². The summed E-state index contributed by atoms with van der Waals surface area (Å²) < 4.78 is 0. The van der Waals surface area contributed by atoms with Gasteiger partial charge in [-0.2, -0.15) is 0 Å². The molecule has 0 bridgehead atoms. The van der Waals surface area contributed by atoms with Gasteiger partial charge in [0.25, 0.3) is 0 Å². The molecule has 0 fully saturated rings. The molecule has 1 unspecified atom stereocenters. The topological polar surface area (TPSA) is 29.3 Å². The van der Waals surface area contributed by atoms with E-state index in [1.54, 1.807) is 0 Å². The quantitative estimate of drug-likeness (QED) is 0.895. The number of rotatable bonds is 2. The molecule has 1 atom stereocenters. The van der Waals surface area contributed by atoms with Crippen LogP contribution in [0, 0.1) is 0 Å². The lowest BCUT2D eigenvalue weighted by molar-refractivity contribution is 0.764. The fourth-order valence-electron chi connectivity index (χ4n) is 2.97. The molecule has 1 heterocycles. The van der Waals surface area contributed by atoms with Crippen molar-refractivity contribution in [1.82, 2.24) is 0 Å². The monoisotopic (exact) mass is 300 g/mol. The van der Waals surface area contributed by atoms with Crippen LogP contribution in [0.4, 0.5) is 5.69 Å². The van der Waals surface area contributed by atoms with E-state index in [4.69, 9.17) is 17.3 Å². The fourth-order valence-corrected chi connectivity index (χ4v) is 3.28. The first-order valence-corrected chi connectivity index (χ1v) is 7.89. The Balaban J connectivity index is 1.91. The molecular weight excluding hydrogens is 280 g/mol. The minimum Gasteiger partial charge on any atom is -0.366 e. The first kappa shape index (κ1) is 14.4. The van der Waals surface area contributed by atoms with Crippen molar-refractivity contribution in [1.29, 1.82) is 0 Å². The SMILES string of the molecule is CC(N)c1ccc(N2CCCc3ccccc3C2)c(Cl)c1. The Morgan fingerprint density at radius 1 is 1.14 bits per heavy atom. The van der Waals surface area contributed by atoms with Gasteiger partial charge >= 0.3 is 0 Å². The molecule has 0 spiro atoms. The minimum absolute atomic E-state index is 0.0152. The number of halogens is 1. The van der Waals surface area contributed by atoms with Crippen LogP contribution in [0.2, 0.25) is 5.02 Å². The van der Waals surface area contributed by atoms with Crippen LogP contribution in [-0.4, -0.2) is 6.54 Å². The molecule has 2 aromatic carbocycles. The van der Waals surface area contributed by atoms with Crippen LogP contribution in [0.3, 0.4) is 0 Å². The summed E-state index contributed by atoms with van der Waals surface area (Å²) in [5.41, 5.74) is 11.0. The zero-order valence-corrected chi connectivity index (χ0v) is 13.1. The number of fused-ring (bicyclic) bond motifs is 1. The van der Waals surface area contributed by atoms with E-state index < -0.39 is 0 Å². The highest BCUT2D eigenvalue weighted by Crippen LogP contribution is 2.31. The molecule has 1 aliphatic heterocycles. The van der Waals surface area contributed by atoms with E-state index in [0.29, 0.717) is 0 Å². The van der Waals surface area contributed by atoms with Gasteiger partial charge in [-0.3, -0.25) is 0 Å². The van der Waals surface area contributed by atoms with E-state index in [2.05, 4.69) is 41.3 Å². The summed E-state index contributed by atoms with van der Waals surface area (Å²) in [6.45, 7) is 3.94. The van der Waals surface area contributed by atoms with Gasteiger partial charge in [0.1, 0.15) is 0 Å². The van der Waals surface area contributed by atoms with Gasteiger partial charge in [-0.15, -0.1) is 0 Å². The van der Waals surface area contributed by atoms with Crippen LogP contribution in [0.5, 0.6) is 0 Å². The number of nitrogens with two attached hydrogens (primary N) is 1. The summed E-state index contributed by atoms with van der Waals surface area (Å²) in [5, 5.41) is 0.796. The lowest BCUT2D eigenvalue weighted by Crippen LogP contribution is -2.23. The average Bonchev–Trinajstić information content (AvgIpc) is 2.69. The number of anilines is 1. The number of benzene rings is 2. The largest absolute Gasteiger partial charge is 0.366 e. The van der Waals surface area contributed by atoms with E-state index >= 15 is 0 Å². The highest BCUT2D eigenvalue weighted by atomic mass is 35.5. The Morgan fingerprint density at radius 2 is 1.90 bits per heavy atom. The second kappa shape index (κ2) is 6.08. The summed E-state index contributed by atoms with van der Waals surface area (Å²) >= 11 is 6.49. The molecule has 0 saturated heterocycles. The first-order chi connectivity index (χ1) is 10.1. The maximum Gasteiger partial charge on any atom is 0.0643 e. The number of hydrogen-bond acceptors (Lipinski definition) is 2. The predicted octanol–water partition coefficient (Wildman–Crippen LogP) is 4.31. The normalized spacial score (nSPS) is 16.2. The Bertz CT molecular complexity index is 637. The van der Waals surface area contributed by atoms with Gasteiger partial charge in [-0.05, 0) is 48.6 Å². The van der Waals surface area contributed by atoms with E-state index in [0.717, 1.165) is 42.2 Å². The summed E-state index contributed by atoms with van der Waals surface area (Å²) in [5.74, 6) is 0. The Hall–Kier alpha value is -1.51. The molecule has 1 aliphatic rings. The minimum atomic E-state index is 0.0152. The van der Waals surface area contributed by atoms with E-state index in [9.17, 15) is 0 Å². The smallest absolute Gasteiger partial charge is 0.0643 e. The molecule has 0 aromatic heterocycles. The van der Waals surface area contributed by atoms with Crippen LogP contribution in [0.1, 0.15) is 36.1 Å². The lowest BCUT2D eigenvalue weighted by atomic mass is 10.0. The Kier molecular flexibility index (Phi) is 4.18. The molecular formula is C18H21ClN2. The lowest BCUT2D eigenvalue weighted by Gasteiger charge is -2.25. The second-order valence-electron chi connectivity index (χ2n) is 5.79. The van der Waals surface area contributed by atoms with E-state index in [-0.39, 0.29) is 6.04 Å². The molecule has 0 aliphatic carbocycles. The van der Waals surface area contributed by atoms with E-state index in [1.807, 2.05) is 13.0 Å². The highest BCUT2D eigenvalue weighted by Gasteiger charge is 2.17. The van der Waals surface area contributed by atoms with Crippen LogP contribution in [0.15, 0.2) is 42.5 Å².